The Bertz CT molecular complexity index is 375. The summed E-state index contributed by atoms with van der Waals surface area (Å²) in [4.78, 5) is 11.5. The number of nitrogens with one attached hydrogen (secondary N) is 1. The van der Waals surface area contributed by atoms with Crippen LogP contribution in [0.1, 0.15) is 45.1 Å². The summed E-state index contributed by atoms with van der Waals surface area (Å²) < 4.78 is 5.10. The van der Waals surface area contributed by atoms with E-state index in [1.807, 2.05) is 18.2 Å². The van der Waals surface area contributed by atoms with Crippen molar-refractivity contribution in [1.82, 2.24) is 0 Å². The fourth-order valence-corrected chi connectivity index (χ4v) is 1.71. The van der Waals surface area contributed by atoms with Crippen LogP contribution in [0.4, 0.5) is 5.69 Å². The van der Waals surface area contributed by atoms with E-state index in [1.165, 1.54) is 5.56 Å². The molecule has 0 spiro atoms. The highest BCUT2D eigenvalue weighted by Gasteiger charge is 2.07. The van der Waals surface area contributed by atoms with Gasteiger partial charge in [-0.1, -0.05) is 45.4 Å². The summed E-state index contributed by atoms with van der Waals surface area (Å²) in [7, 11) is 0. The maximum Gasteiger partial charge on any atom is 0.325 e. The van der Waals surface area contributed by atoms with Crippen molar-refractivity contribution < 1.29 is 9.53 Å². The van der Waals surface area contributed by atoms with E-state index in [1.54, 1.807) is 0 Å². The van der Waals surface area contributed by atoms with Crippen LogP contribution in [0, 0.1) is 0 Å². The molecule has 0 aliphatic carbocycles. The topological polar surface area (TPSA) is 38.3 Å². The molecule has 0 saturated heterocycles. The molecule has 1 N–H and O–H groups in total. The summed E-state index contributed by atoms with van der Waals surface area (Å²) in [6.45, 7) is 7.10. The molecular formula is C15H23NO2. The van der Waals surface area contributed by atoms with E-state index in [9.17, 15) is 4.79 Å². The van der Waals surface area contributed by atoms with Gasteiger partial charge in [-0.05, 0) is 24.0 Å². The number of esters is 1. The van der Waals surface area contributed by atoms with Gasteiger partial charge in [-0.3, -0.25) is 4.79 Å². The van der Waals surface area contributed by atoms with Crippen LogP contribution in [-0.4, -0.2) is 19.1 Å². The molecule has 0 atom stereocenters. The molecule has 18 heavy (non-hydrogen) atoms. The lowest BCUT2D eigenvalue weighted by Gasteiger charge is -2.14. The summed E-state index contributed by atoms with van der Waals surface area (Å²) >= 11 is 0. The summed E-state index contributed by atoms with van der Waals surface area (Å²) in [6, 6.07) is 8.06. The maximum atomic E-state index is 11.5. The normalized spacial score (nSPS) is 10.4. The van der Waals surface area contributed by atoms with Crippen molar-refractivity contribution in [3.63, 3.8) is 0 Å². The molecule has 0 bridgehead atoms. The third-order valence-corrected chi connectivity index (χ3v) is 2.77. The lowest BCUT2D eigenvalue weighted by Crippen LogP contribution is -2.18. The minimum Gasteiger partial charge on any atom is -0.464 e. The number of carbonyl (C=O) groups is 1. The number of hydrogen-bond acceptors (Lipinski definition) is 3. The van der Waals surface area contributed by atoms with Crippen LogP contribution >= 0.6 is 0 Å². The Labute approximate surface area is 110 Å². The number of hydrogen-bond donors (Lipinski definition) is 1. The monoisotopic (exact) mass is 249 g/mol. The van der Waals surface area contributed by atoms with E-state index < -0.39 is 0 Å². The standard InChI is InChI=1S/C15H23NO2/c1-4-5-10-18-15(17)11-16-14-9-7-6-8-13(14)12(2)3/h6-9,12,16H,4-5,10-11H2,1-3H3. The van der Waals surface area contributed by atoms with E-state index in [4.69, 9.17) is 4.74 Å². The second kappa shape index (κ2) is 7.75. The Hall–Kier alpha value is -1.51. The Morgan fingerprint density at radius 2 is 2.06 bits per heavy atom. The molecule has 1 rings (SSSR count). The van der Waals surface area contributed by atoms with Crippen molar-refractivity contribution in [3.8, 4) is 0 Å². The fourth-order valence-electron chi connectivity index (χ4n) is 1.71. The van der Waals surface area contributed by atoms with Gasteiger partial charge in [0.15, 0.2) is 0 Å². The lowest BCUT2D eigenvalue weighted by atomic mass is 10.0. The van der Waals surface area contributed by atoms with Crippen LogP contribution in [-0.2, 0) is 9.53 Å². The molecule has 0 aliphatic heterocycles. The van der Waals surface area contributed by atoms with Crippen LogP contribution in [0.15, 0.2) is 24.3 Å². The van der Waals surface area contributed by atoms with Gasteiger partial charge in [0.2, 0.25) is 0 Å². The van der Waals surface area contributed by atoms with Crippen molar-refractivity contribution in [3.05, 3.63) is 29.8 Å². The highest BCUT2D eigenvalue weighted by atomic mass is 16.5. The molecule has 0 fully saturated rings. The third-order valence-electron chi connectivity index (χ3n) is 2.77. The highest BCUT2D eigenvalue weighted by molar-refractivity contribution is 5.75. The van der Waals surface area contributed by atoms with Crippen LogP contribution in [0.5, 0.6) is 0 Å². The minimum atomic E-state index is -0.193. The van der Waals surface area contributed by atoms with Crippen LogP contribution in [0.25, 0.3) is 0 Å². The van der Waals surface area contributed by atoms with E-state index in [0.717, 1.165) is 18.5 Å². The zero-order valence-corrected chi connectivity index (χ0v) is 11.5. The molecule has 0 radical (unpaired) electrons. The number of para-hydroxylation sites is 1. The second-order valence-corrected chi connectivity index (χ2v) is 4.67. The van der Waals surface area contributed by atoms with Crippen molar-refractivity contribution in [1.29, 1.82) is 0 Å². The van der Waals surface area contributed by atoms with Crippen molar-refractivity contribution in [2.75, 3.05) is 18.5 Å². The summed E-state index contributed by atoms with van der Waals surface area (Å²) in [5.41, 5.74) is 2.23. The first-order chi connectivity index (χ1) is 8.65. The van der Waals surface area contributed by atoms with Crippen molar-refractivity contribution in [2.45, 2.75) is 39.5 Å². The van der Waals surface area contributed by atoms with Gasteiger partial charge in [0.05, 0.1) is 6.61 Å². The number of ether oxygens (including phenoxy) is 1. The van der Waals surface area contributed by atoms with Crippen molar-refractivity contribution in [2.24, 2.45) is 0 Å². The molecule has 3 heteroatoms. The Balaban J connectivity index is 2.45. The summed E-state index contributed by atoms with van der Waals surface area (Å²) in [5.74, 6) is 0.242. The Morgan fingerprint density at radius 1 is 1.33 bits per heavy atom. The van der Waals surface area contributed by atoms with E-state index >= 15 is 0 Å². The first kappa shape index (κ1) is 14.6. The molecule has 100 valence electrons. The quantitative estimate of drug-likeness (QED) is 0.593. The predicted molar refractivity (Wildman–Crippen MR) is 74.9 cm³/mol. The molecule has 0 heterocycles. The van der Waals surface area contributed by atoms with E-state index in [0.29, 0.717) is 12.5 Å². The maximum absolute atomic E-state index is 11.5. The van der Waals surface area contributed by atoms with Gasteiger partial charge in [0.25, 0.3) is 0 Å². The van der Waals surface area contributed by atoms with Crippen LogP contribution < -0.4 is 5.32 Å². The van der Waals surface area contributed by atoms with Crippen LogP contribution in [0.2, 0.25) is 0 Å². The fraction of sp³-hybridized carbons (Fsp3) is 0.533. The number of benzene rings is 1. The second-order valence-electron chi connectivity index (χ2n) is 4.67. The van der Waals surface area contributed by atoms with Gasteiger partial charge in [0.1, 0.15) is 6.54 Å². The van der Waals surface area contributed by atoms with Gasteiger partial charge in [-0.25, -0.2) is 0 Å². The first-order valence-corrected chi connectivity index (χ1v) is 6.63. The molecule has 0 amide bonds. The first-order valence-electron chi connectivity index (χ1n) is 6.63. The summed E-state index contributed by atoms with van der Waals surface area (Å²) in [6.07, 6.45) is 1.96. The van der Waals surface area contributed by atoms with E-state index in [-0.39, 0.29) is 12.5 Å². The average Bonchev–Trinajstić information content (AvgIpc) is 2.37. The molecule has 0 aromatic heterocycles. The number of anilines is 1. The predicted octanol–water partition coefficient (Wildman–Crippen LogP) is 3.57. The molecule has 0 unspecified atom stereocenters. The molecular weight excluding hydrogens is 226 g/mol. The van der Waals surface area contributed by atoms with Crippen molar-refractivity contribution >= 4 is 11.7 Å². The molecule has 0 saturated carbocycles. The molecule has 0 aliphatic rings. The van der Waals surface area contributed by atoms with Gasteiger partial charge >= 0.3 is 5.97 Å². The smallest absolute Gasteiger partial charge is 0.325 e. The van der Waals surface area contributed by atoms with Gasteiger partial charge in [-0.15, -0.1) is 0 Å². The lowest BCUT2D eigenvalue weighted by molar-refractivity contribution is -0.141. The van der Waals surface area contributed by atoms with Crippen LogP contribution in [0.3, 0.4) is 0 Å². The Kier molecular flexibility index (Phi) is 6.26. The zero-order valence-electron chi connectivity index (χ0n) is 11.5. The van der Waals surface area contributed by atoms with Gasteiger partial charge in [0, 0.05) is 5.69 Å². The molecule has 1 aromatic rings. The number of unbranched alkanes of at least 4 members (excludes halogenated alkanes) is 1. The average molecular weight is 249 g/mol. The van der Waals surface area contributed by atoms with Gasteiger partial charge < -0.3 is 10.1 Å². The summed E-state index contributed by atoms with van der Waals surface area (Å²) in [5, 5.41) is 3.15. The zero-order chi connectivity index (χ0) is 13.4. The largest absolute Gasteiger partial charge is 0.464 e. The Morgan fingerprint density at radius 3 is 2.72 bits per heavy atom. The minimum absolute atomic E-state index is 0.193. The highest BCUT2D eigenvalue weighted by Crippen LogP contribution is 2.23. The third kappa shape index (κ3) is 4.78. The molecule has 3 nitrogen and oxygen atoms in total. The number of carbonyl (C=O) groups excluding carboxylic acids is 1. The van der Waals surface area contributed by atoms with Gasteiger partial charge in [-0.2, -0.15) is 0 Å². The van der Waals surface area contributed by atoms with E-state index in [2.05, 4.69) is 32.2 Å². The number of rotatable bonds is 7. The molecule has 1 aromatic carbocycles. The SMILES string of the molecule is CCCCOC(=O)CNc1ccccc1C(C)C.